The number of hydrogen-bond donors (Lipinski definition) is 0. The lowest BCUT2D eigenvalue weighted by atomic mass is 11.2. The second-order valence-electron chi connectivity index (χ2n) is 0.643. The fourth-order valence-corrected chi connectivity index (χ4v) is 0.802. The SMILES string of the molecule is CSC=C(Cl)Cl. The number of thioether (sulfide) groups is 1. The van der Waals surface area contributed by atoms with Crippen LogP contribution in [0.2, 0.25) is 0 Å². The van der Waals surface area contributed by atoms with Crippen LogP contribution in [0.15, 0.2) is 9.90 Å². The first kappa shape index (κ1) is 6.67. The van der Waals surface area contributed by atoms with Gasteiger partial charge < -0.3 is 0 Å². The molecule has 0 radical (unpaired) electrons. The summed E-state index contributed by atoms with van der Waals surface area (Å²) in [6.45, 7) is 0. The standard InChI is InChI=1S/C3H4Cl2S/c1-6-2-3(4)5/h2H,1H3. The van der Waals surface area contributed by atoms with Gasteiger partial charge in [-0.2, -0.15) is 0 Å². The highest BCUT2D eigenvalue weighted by Gasteiger charge is 1.74. The van der Waals surface area contributed by atoms with Gasteiger partial charge in [0.05, 0.1) is 0 Å². The molecule has 0 saturated carbocycles. The second kappa shape index (κ2) is 3.85. The van der Waals surface area contributed by atoms with E-state index in [4.69, 9.17) is 23.2 Å². The Bertz CT molecular complexity index is 55.8. The van der Waals surface area contributed by atoms with Crippen LogP contribution in [0.4, 0.5) is 0 Å². The van der Waals surface area contributed by atoms with Gasteiger partial charge in [-0.25, -0.2) is 0 Å². The van der Waals surface area contributed by atoms with Crippen molar-refractivity contribution in [1.82, 2.24) is 0 Å². The van der Waals surface area contributed by atoms with Crippen LogP contribution >= 0.6 is 35.0 Å². The average Bonchev–Trinajstić information content (AvgIpc) is 1.35. The molecular weight excluding hydrogens is 139 g/mol. The Kier molecular flexibility index (Phi) is 4.28. The van der Waals surface area contributed by atoms with Gasteiger partial charge in [-0.05, 0) is 6.26 Å². The van der Waals surface area contributed by atoms with Gasteiger partial charge >= 0.3 is 0 Å². The Hall–Kier alpha value is 0.670. The predicted octanol–water partition coefficient (Wildman–Crippen LogP) is 2.63. The topological polar surface area (TPSA) is 0 Å². The van der Waals surface area contributed by atoms with E-state index in [-0.39, 0.29) is 0 Å². The maximum atomic E-state index is 5.18. The van der Waals surface area contributed by atoms with E-state index in [9.17, 15) is 0 Å². The van der Waals surface area contributed by atoms with Crippen molar-refractivity contribution in [3.63, 3.8) is 0 Å². The Balaban J connectivity index is 3.14. The molecule has 0 aliphatic heterocycles. The first-order valence-corrected chi connectivity index (χ1v) is 3.35. The van der Waals surface area contributed by atoms with Crippen LogP contribution in [0.1, 0.15) is 0 Å². The van der Waals surface area contributed by atoms with E-state index in [1.807, 2.05) is 6.26 Å². The molecule has 6 heavy (non-hydrogen) atoms. The first-order chi connectivity index (χ1) is 2.77. The molecular formula is C3H4Cl2S. The van der Waals surface area contributed by atoms with Crippen molar-refractivity contribution in [2.45, 2.75) is 0 Å². The number of rotatable bonds is 1. The van der Waals surface area contributed by atoms with Crippen LogP contribution in [0.3, 0.4) is 0 Å². The zero-order valence-corrected chi connectivity index (χ0v) is 5.57. The summed E-state index contributed by atoms with van der Waals surface area (Å²) >= 11 is 11.9. The second-order valence-corrected chi connectivity index (χ2v) is 2.36. The molecule has 0 rings (SSSR count). The molecule has 0 nitrogen and oxygen atoms in total. The summed E-state index contributed by atoms with van der Waals surface area (Å²) in [6, 6.07) is 0. The van der Waals surface area contributed by atoms with Crippen molar-refractivity contribution in [2.24, 2.45) is 0 Å². The normalized spacial score (nSPS) is 7.83. The molecule has 0 amide bonds. The molecule has 0 bridgehead atoms. The summed E-state index contributed by atoms with van der Waals surface area (Å²) in [7, 11) is 0. The fraction of sp³-hybridized carbons (Fsp3) is 0.333. The molecule has 0 saturated heterocycles. The summed E-state index contributed by atoms with van der Waals surface area (Å²) in [6.07, 6.45) is 1.89. The van der Waals surface area contributed by atoms with Crippen molar-refractivity contribution in [3.8, 4) is 0 Å². The highest BCUT2D eigenvalue weighted by atomic mass is 35.5. The molecule has 36 valence electrons. The molecule has 0 heterocycles. The summed E-state index contributed by atoms with van der Waals surface area (Å²) < 4.78 is 0.322. The summed E-state index contributed by atoms with van der Waals surface area (Å²) in [5, 5.41) is 1.66. The number of hydrogen-bond acceptors (Lipinski definition) is 1. The molecule has 0 aromatic carbocycles. The summed E-state index contributed by atoms with van der Waals surface area (Å²) in [4.78, 5) is 0. The molecule has 0 aromatic rings. The van der Waals surface area contributed by atoms with Crippen LogP contribution in [0, 0.1) is 0 Å². The van der Waals surface area contributed by atoms with Crippen molar-refractivity contribution in [1.29, 1.82) is 0 Å². The molecule has 0 unspecified atom stereocenters. The highest BCUT2D eigenvalue weighted by molar-refractivity contribution is 8.01. The Morgan fingerprint density at radius 1 is 1.67 bits per heavy atom. The molecule has 0 N–H and O–H groups in total. The molecule has 3 heteroatoms. The maximum Gasteiger partial charge on any atom is 0.113 e. The van der Waals surface area contributed by atoms with Gasteiger partial charge in [0.15, 0.2) is 0 Å². The van der Waals surface area contributed by atoms with E-state index in [1.165, 1.54) is 11.8 Å². The lowest BCUT2D eigenvalue weighted by molar-refractivity contribution is 2.34. The smallest absolute Gasteiger partial charge is 0.113 e. The van der Waals surface area contributed by atoms with Gasteiger partial charge in [0.1, 0.15) is 4.49 Å². The Morgan fingerprint density at radius 2 is 2.17 bits per heavy atom. The third-order valence-electron chi connectivity index (χ3n) is 0.207. The molecule has 0 atom stereocenters. The molecule has 0 spiro atoms. The van der Waals surface area contributed by atoms with Gasteiger partial charge in [0, 0.05) is 5.41 Å². The van der Waals surface area contributed by atoms with E-state index in [0.29, 0.717) is 4.49 Å². The molecule has 0 fully saturated rings. The first-order valence-electron chi connectivity index (χ1n) is 1.31. The zero-order valence-electron chi connectivity index (χ0n) is 3.24. The monoisotopic (exact) mass is 142 g/mol. The van der Waals surface area contributed by atoms with E-state index in [1.54, 1.807) is 5.41 Å². The van der Waals surface area contributed by atoms with Crippen molar-refractivity contribution >= 4 is 35.0 Å². The molecule has 0 aromatic heterocycles. The van der Waals surface area contributed by atoms with Crippen LogP contribution in [-0.4, -0.2) is 6.26 Å². The van der Waals surface area contributed by atoms with Crippen LogP contribution in [0.25, 0.3) is 0 Å². The van der Waals surface area contributed by atoms with E-state index < -0.39 is 0 Å². The van der Waals surface area contributed by atoms with Crippen LogP contribution < -0.4 is 0 Å². The van der Waals surface area contributed by atoms with E-state index in [2.05, 4.69) is 0 Å². The quantitative estimate of drug-likeness (QED) is 0.543. The average molecular weight is 143 g/mol. The molecule has 0 aliphatic carbocycles. The third-order valence-corrected chi connectivity index (χ3v) is 1.16. The third kappa shape index (κ3) is 4.67. The van der Waals surface area contributed by atoms with Crippen molar-refractivity contribution in [2.75, 3.05) is 6.26 Å². The zero-order chi connectivity index (χ0) is 4.99. The van der Waals surface area contributed by atoms with Gasteiger partial charge in [-0.15, -0.1) is 11.8 Å². The minimum absolute atomic E-state index is 0.322. The van der Waals surface area contributed by atoms with E-state index >= 15 is 0 Å². The van der Waals surface area contributed by atoms with Gasteiger partial charge in [-0.1, -0.05) is 23.2 Å². The van der Waals surface area contributed by atoms with Crippen molar-refractivity contribution < 1.29 is 0 Å². The fourth-order valence-electron chi connectivity index (χ4n) is 0.0891. The number of halogens is 2. The molecule has 0 aliphatic rings. The van der Waals surface area contributed by atoms with Gasteiger partial charge in [0.2, 0.25) is 0 Å². The highest BCUT2D eigenvalue weighted by Crippen LogP contribution is 2.10. The Labute approximate surface area is 51.5 Å². The minimum atomic E-state index is 0.322. The Morgan fingerprint density at radius 3 is 2.17 bits per heavy atom. The minimum Gasteiger partial charge on any atom is -0.135 e. The largest absolute Gasteiger partial charge is 0.135 e. The summed E-state index contributed by atoms with van der Waals surface area (Å²) in [5.41, 5.74) is 0. The summed E-state index contributed by atoms with van der Waals surface area (Å²) in [5.74, 6) is 0. The van der Waals surface area contributed by atoms with Crippen LogP contribution in [-0.2, 0) is 0 Å². The van der Waals surface area contributed by atoms with Crippen molar-refractivity contribution in [3.05, 3.63) is 9.90 Å². The predicted molar refractivity (Wildman–Crippen MR) is 33.3 cm³/mol. The lowest BCUT2D eigenvalue weighted by Crippen LogP contribution is -1.43. The van der Waals surface area contributed by atoms with E-state index in [0.717, 1.165) is 0 Å². The lowest BCUT2D eigenvalue weighted by Gasteiger charge is -1.74. The maximum absolute atomic E-state index is 5.18. The van der Waals surface area contributed by atoms with Gasteiger partial charge in [-0.3, -0.25) is 0 Å². The van der Waals surface area contributed by atoms with Crippen LogP contribution in [0.5, 0.6) is 0 Å². The van der Waals surface area contributed by atoms with Gasteiger partial charge in [0.25, 0.3) is 0 Å².